The molecule has 142 valence electrons. The molecule has 6 heteroatoms. The van der Waals surface area contributed by atoms with Crippen molar-refractivity contribution in [3.8, 4) is 11.8 Å². The smallest absolute Gasteiger partial charge is 0.167 e. The Morgan fingerprint density at radius 3 is 2.82 bits per heavy atom. The fourth-order valence-corrected chi connectivity index (χ4v) is 4.12. The van der Waals surface area contributed by atoms with E-state index in [1.165, 1.54) is 25.0 Å². The molecule has 5 nitrogen and oxygen atoms in total. The van der Waals surface area contributed by atoms with Gasteiger partial charge in [-0.1, -0.05) is 12.1 Å². The minimum atomic E-state index is -0.670. The van der Waals surface area contributed by atoms with Crippen molar-refractivity contribution in [1.29, 1.82) is 5.26 Å². The van der Waals surface area contributed by atoms with Gasteiger partial charge in [-0.15, -0.1) is 10.2 Å². The predicted molar refractivity (Wildman–Crippen MR) is 101 cm³/mol. The van der Waals surface area contributed by atoms with Crippen molar-refractivity contribution < 1.29 is 9.13 Å². The van der Waals surface area contributed by atoms with Gasteiger partial charge in [0.15, 0.2) is 5.65 Å². The topological polar surface area (TPSA) is 63.2 Å². The van der Waals surface area contributed by atoms with Crippen LogP contribution in [0, 0.1) is 30.0 Å². The first-order valence-electron chi connectivity index (χ1n) is 9.75. The number of nitrogens with zero attached hydrogens (tertiary/aromatic N) is 4. The van der Waals surface area contributed by atoms with Crippen LogP contribution in [0.15, 0.2) is 36.5 Å². The molecule has 3 aromatic rings. The molecule has 0 radical (unpaired) electrons. The van der Waals surface area contributed by atoms with E-state index >= 15 is 0 Å². The fourth-order valence-electron chi connectivity index (χ4n) is 4.12. The van der Waals surface area contributed by atoms with Crippen molar-refractivity contribution in [3.05, 3.63) is 59.3 Å². The summed E-state index contributed by atoms with van der Waals surface area (Å²) >= 11 is 0. The zero-order chi connectivity index (χ0) is 19.3. The second-order valence-corrected chi connectivity index (χ2v) is 8.11. The summed E-state index contributed by atoms with van der Waals surface area (Å²) in [6, 6.07) is 10.6. The van der Waals surface area contributed by atoms with E-state index in [2.05, 4.69) is 16.3 Å². The maximum absolute atomic E-state index is 13.6. The molecule has 5 rings (SSSR count). The number of ether oxygens (including phenoxy) is 1. The monoisotopic (exact) mass is 376 g/mol. The molecule has 0 aliphatic heterocycles. The third-order valence-electron chi connectivity index (χ3n) is 6.05. The summed E-state index contributed by atoms with van der Waals surface area (Å²) in [4.78, 5) is 0. The van der Waals surface area contributed by atoms with Crippen molar-refractivity contribution in [2.45, 2.75) is 50.5 Å². The molecule has 0 atom stereocenters. The lowest BCUT2D eigenvalue weighted by molar-refractivity contribution is 0.0661. The van der Waals surface area contributed by atoms with E-state index in [1.807, 2.05) is 29.7 Å². The second-order valence-electron chi connectivity index (χ2n) is 8.11. The van der Waals surface area contributed by atoms with Gasteiger partial charge in [-0.2, -0.15) is 5.26 Å². The van der Waals surface area contributed by atoms with Crippen molar-refractivity contribution in [2.75, 3.05) is 0 Å². The third-order valence-corrected chi connectivity index (χ3v) is 6.05. The van der Waals surface area contributed by atoms with Crippen LogP contribution < -0.4 is 4.74 Å². The lowest BCUT2D eigenvalue weighted by Crippen LogP contribution is -2.46. The summed E-state index contributed by atoms with van der Waals surface area (Å²) in [5.74, 6) is 2.21. The van der Waals surface area contributed by atoms with Crippen molar-refractivity contribution in [2.24, 2.45) is 5.92 Å². The number of aromatic nitrogens is 3. The summed E-state index contributed by atoms with van der Waals surface area (Å²) in [5, 5.41) is 18.4. The maximum Gasteiger partial charge on any atom is 0.167 e. The Balaban J connectivity index is 1.34. The number of benzene rings is 1. The molecule has 2 fully saturated rings. The number of hydrogen-bond donors (Lipinski definition) is 0. The van der Waals surface area contributed by atoms with Crippen LogP contribution in [0.4, 0.5) is 4.39 Å². The van der Waals surface area contributed by atoms with Gasteiger partial charge in [-0.05, 0) is 49.4 Å². The van der Waals surface area contributed by atoms with Gasteiger partial charge in [0.1, 0.15) is 23.5 Å². The summed E-state index contributed by atoms with van der Waals surface area (Å²) in [5.41, 5.74) is 1.84. The molecule has 0 bridgehead atoms. The molecular formula is C22H21FN4O. The fraction of sp³-hybridized carbons (Fsp3) is 0.409. The van der Waals surface area contributed by atoms with E-state index in [0.29, 0.717) is 12.8 Å². The normalized spacial score (nSPS) is 24.0. The van der Waals surface area contributed by atoms with Gasteiger partial charge in [0, 0.05) is 31.0 Å². The first-order valence-corrected chi connectivity index (χ1v) is 9.75. The molecule has 28 heavy (non-hydrogen) atoms. The van der Waals surface area contributed by atoms with Crippen LogP contribution in [0.5, 0.6) is 5.75 Å². The number of fused-ring (bicyclic) bond motifs is 1. The van der Waals surface area contributed by atoms with Gasteiger partial charge in [0.25, 0.3) is 0 Å². The van der Waals surface area contributed by atoms with Crippen LogP contribution in [0.2, 0.25) is 0 Å². The first-order chi connectivity index (χ1) is 13.6. The number of pyridine rings is 1. The van der Waals surface area contributed by atoms with Crippen molar-refractivity contribution in [1.82, 2.24) is 14.6 Å². The van der Waals surface area contributed by atoms with Crippen LogP contribution in [0.1, 0.15) is 42.6 Å². The standard InChI is InChI=1S/C22H21FN4O/c1-14-19(7-8-27-20(9-15-5-6-15)25-26-21(14)27)28-18-11-22(12-18,13-24)16-3-2-4-17(23)10-16/h2-4,7-8,10,15,18H,5-6,9,11-12H2,1H3/t18-,22-. The molecule has 0 N–H and O–H groups in total. The Morgan fingerprint density at radius 1 is 1.29 bits per heavy atom. The SMILES string of the molecule is Cc1c(O[C@H]2C[C@](C#N)(c3cccc(F)c3)C2)ccn2c(CC3CC3)nnc12. The highest BCUT2D eigenvalue weighted by atomic mass is 19.1. The second kappa shape index (κ2) is 6.30. The van der Waals surface area contributed by atoms with E-state index in [0.717, 1.165) is 40.7 Å². The van der Waals surface area contributed by atoms with E-state index < -0.39 is 5.41 Å². The summed E-state index contributed by atoms with van der Waals surface area (Å²) in [6.45, 7) is 1.99. The van der Waals surface area contributed by atoms with Gasteiger partial charge in [0.2, 0.25) is 0 Å². The van der Waals surface area contributed by atoms with Crippen LogP contribution in [0.25, 0.3) is 5.65 Å². The number of halogens is 1. The van der Waals surface area contributed by atoms with E-state index in [1.54, 1.807) is 6.07 Å². The molecular weight excluding hydrogens is 355 g/mol. The number of rotatable bonds is 5. The number of hydrogen-bond acceptors (Lipinski definition) is 4. The molecule has 2 heterocycles. The van der Waals surface area contributed by atoms with Gasteiger partial charge in [-0.25, -0.2) is 4.39 Å². The summed E-state index contributed by atoms with van der Waals surface area (Å²) in [7, 11) is 0. The number of nitriles is 1. The Morgan fingerprint density at radius 2 is 2.11 bits per heavy atom. The lowest BCUT2D eigenvalue weighted by Gasteiger charge is -2.42. The average Bonchev–Trinajstić information content (AvgIpc) is 3.38. The molecule has 0 spiro atoms. The molecule has 1 aromatic carbocycles. The molecule has 2 aliphatic rings. The predicted octanol–water partition coefficient (Wildman–Crippen LogP) is 4.13. The molecule has 0 unspecified atom stereocenters. The Bertz CT molecular complexity index is 1090. The van der Waals surface area contributed by atoms with Gasteiger partial charge in [0.05, 0.1) is 11.5 Å². The number of aryl methyl sites for hydroxylation is 1. The largest absolute Gasteiger partial charge is 0.490 e. The van der Waals surface area contributed by atoms with E-state index in [-0.39, 0.29) is 11.9 Å². The zero-order valence-corrected chi connectivity index (χ0v) is 15.7. The molecule has 0 amide bonds. The highest BCUT2D eigenvalue weighted by molar-refractivity contribution is 5.54. The highest BCUT2D eigenvalue weighted by Gasteiger charge is 2.48. The van der Waals surface area contributed by atoms with Gasteiger partial charge >= 0.3 is 0 Å². The molecule has 0 saturated heterocycles. The third kappa shape index (κ3) is 2.82. The average molecular weight is 376 g/mol. The Kier molecular flexibility index (Phi) is 3.87. The van der Waals surface area contributed by atoms with Crippen molar-refractivity contribution >= 4 is 5.65 Å². The molecule has 2 aliphatic carbocycles. The first kappa shape index (κ1) is 17.2. The molecule has 2 aromatic heterocycles. The van der Waals surface area contributed by atoms with Crippen LogP contribution in [-0.2, 0) is 11.8 Å². The van der Waals surface area contributed by atoms with Gasteiger partial charge < -0.3 is 4.74 Å². The minimum absolute atomic E-state index is 0.0714. The quantitative estimate of drug-likeness (QED) is 0.672. The van der Waals surface area contributed by atoms with E-state index in [9.17, 15) is 9.65 Å². The maximum atomic E-state index is 13.6. The van der Waals surface area contributed by atoms with Crippen LogP contribution in [0.3, 0.4) is 0 Å². The zero-order valence-electron chi connectivity index (χ0n) is 15.7. The minimum Gasteiger partial charge on any atom is -0.490 e. The summed E-state index contributed by atoms with van der Waals surface area (Å²) < 4.78 is 21.8. The Hall–Kier alpha value is -2.94. The van der Waals surface area contributed by atoms with Crippen LogP contribution in [-0.4, -0.2) is 20.7 Å². The van der Waals surface area contributed by atoms with Gasteiger partial charge in [-0.3, -0.25) is 4.40 Å². The summed E-state index contributed by atoms with van der Waals surface area (Å²) in [6.07, 6.45) is 6.54. The lowest BCUT2D eigenvalue weighted by atomic mass is 9.63. The molecule has 2 saturated carbocycles. The van der Waals surface area contributed by atoms with Crippen LogP contribution >= 0.6 is 0 Å². The van der Waals surface area contributed by atoms with Crippen molar-refractivity contribution in [3.63, 3.8) is 0 Å². The van der Waals surface area contributed by atoms with E-state index in [4.69, 9.17) is 4.74 Å². The highest BCUT2D eigenvalue weighted by Crippen LogP contribution is 2.45. The Labute approximate surface area is 162 Å².